The van der Waals surface area contributed by atoms with Crippen LogP contribution in [-0.2, 0) is 0 Å². The summed E-state index contributed by atoms with van der Waals surface area (Å²) in [6.07, 6.45) is 2.14. The minimum atomic E-state index is -0.300. The summed E-state index contributed by atoms with van der Waals surface area (Å²) in [5.41, 5.74) is 0.875. The van der Waals surface area contributed by atoms with Crippen molar-refractivity contribution in [2.75, 3.05) is 20.2 Å². The first kappa shape index (κ1) is 11.7. The van der Waals surface area contributed by atoms with Crippen LogP contribution in [0.25, 0.3) is 0 Å². The quantitative estimate of drug-likeness (QED) is 0.862. The predicted molar refractivity (Wildman–Crippen MR) is 62.8 cm³/mol. The minimum Gasteiger partial charge on any atom is -0.495 e. The maximum atomic E-state index is 13.3. The summed E-state index contributed by atoms with van der Waals surface area (Å²) in [5, 5.41) is 3.65. The highest BCUT2D eigenvalue weighted by Crippen LogP contribution is 2.36. The summed E-state index contributed by atoms with van der Waals surface area (Å²) in [6.45, 7) is 1.89. The first-order chi connectivity index (χ1) is 7.72. The molecule has 1 aliphatic rings. The monoisotopic (exact) mass is 243 g/mol. The van der Waals surface area contributed by atoms with Gasteiger partial charge in [-0.25, -0.2) is 4.39 Å². The Morgan fingerprint density at radius 3 is 2.94 bits per heavy atom. The highest BCUT2D eigenvalue weighted by atomic mass is 35.5. The van der Waals surface area contributed by atoms with Gasteiger partial charge in [0.25, 0.3) is 0 Å². The molecule has 0 bridgehead atoms. The van der Waals surface area contributed by atoms with Gasteiger partial charge in [-0.05, 0) is 31.5 Å². The molecular weight excluding hydrogens is 229 g/mol. The van der Waals surface area contributed by atoms with Crippen molar-refractivity contribution >= 4 is 11.6 Å². The molecule has 1 aromatic rings. The Kier molecular flexibility index (Phi) is 3.66. The van der Waals surface area contributed by atoms with Crippen LogP contribution in [0.15, 0.2) is 12.1 Å². The zero-order valence-electron chi connectivity index (χ0n) is 9.22. The van der Waals surface area contributed by atoms with Gasteiger partial charge in [0.05, 0.1) is 12.1 Å². The predicted octanol–water partition coefficient (Wildman–Crippen LogP) is 2.95. The molecule has 16 heavy (non-hydrogen) atoms. The molecular formula is C12H15ClFNO. The van der Waals surface area contributed by atoms with Crippen molar-refractivity contribution in [2.24, 2.45) is 0 Å². The van der Waals surface area contributed by atoms with E-state index in [9.17, 15) is 4.39 Å². The lowest BCUT2D eigenvalue weighted by atomic mass is 9.91. The molecule has 1 saturated heterocycles. The topological polar surface area (TPSA) is 21.3 Å². The van der Waals surface area contributed by atoms with E-state index in [0.29, 0.717) is 10.8 Å². The largest absolute Gasteiger partial charge is 0.495 e. The van der Waals surface area contributed by atoms with Gasteiger partial charge in [0, 0.05) is 18.0 Å². The van der Waals surface area contributed by atoms with Crippen LogP contribution in [0.3, 0.4) is 0 Å². The van der Waals surface area contributed by atoms with Crippen molar-refractivity contribution in [3.8, 4) is 5.75 Å². The van der Waals surface area contributed by atoms with Crippen molar-refractivity contribution < 1.29 is 9.13 Å². The van der Waals surface area contributed by atoms with Gasteiger partial charge in [0.1, 0.15) is 11.6 Å². The molecule has 1 atom stereocenters. The third-order valence-electron chi connectivity index (χ3n) is 2.98. The van der Waals surface area contributed by atoms with Crippen molar-refractivity contribution in [1.29, 1.82) is 0 Å². The highest BCUT2D eigenvalue weighted by molar-refractivity contribution is 6.32. The van der Waals surface area contributed by atoms with Crippen LogP contribution in [0.4, 0.5) is 4.39 Å². The van der Waals surface area contributed by atoms with Gasteiger partial charge in [-0.15, -0.1) is 0 Å². The Labute approximate surface area is 99.7 Å². The Hall–Kier alpha value is -0.800. The number of hydrogen-bond acceptors (Lipinski definition) is 2. The molecule has 0 saturated carbocycles. The average molecular weight is 244 g/mol. The van der Waals surface area contributed by atoms with Crippen molar-refractivity contribution in [1.82, 2.24) is 5.32 Å². The normalized spacial score (nSPS) is 20.8. The fraction of sp³-hybridized carbons (Fsp3) is 0.500. The summed E-state index contributed by atoms with van der Waals surface area (Å²) >= 11 is 5.97. The molecule has 1 unspecified atom stereocenters. The zero-order chi connectivity index (χ0) is 11.5. The van der Waals surface area contributed by atoms with E-state index in [1.807, 2.05) is 0 Å². The molecule has 0 aromatic heterocycles. The number of nitrogens with one attached hydrogen (secondary N) is 1. The Bertz CT molecular complexity index is 378. The number of hydrogen-bond donors (Lipinski definition) is 1. The number of benzene rings is 1. The van der Waals surface area contributed by atoms with E-state index in [2.05, 4.69) is 5.32 Å². The maximum absolute atomic E-state index is 13.3. The SMILES string of the molecule is COc1c(Cl)cc(F)cc1C1CCCNC1. The van der Waals surface area contributed by atoms with E-state index in [1.165, 1.54) is 12.1 Å². The molecule has 4 heteroatoms. The average Bonchev–Trinajstić information content (AvgIpc) is 2.29. The second-order valence-electron chi connectivity index (χ2n) is 4.05. The Balaban J connectivity index is 2.36. The molecule has 1 fully saturated rings. The van der Waals surface area contributed by atoms with Crippen LogP contribution >= 0.6 is 11.6 Å². The molecule has 1 heterocycles. The van der Waals surface area contributed by atoms with Crippen LogP contribution in [0.1, 0.15) is 24.3 Å². The second kappa shape index (κ2) is 5.02. The van der Waals surface area contributed by atoms with Crippen LogP contribution in [0, 0.1) is 5.82 Å². The molecule has 0 radical (unpaired) electrons. The first-order valence-corrected chi connectivity index (χ1v) is 5.84. The molecule has 1 aliphatic heterocycles. The molecule has 2 nitrogen and oxygen atoms in total. The summed E-state index contributed by atoms with van der Waals surface area (Å²) in [4.78, 5) is 0. The fourth-order valence-electron chi connectivity index (χ4n) is 2.22. The van der Waals surface area contributed by atoms with E-state index in [0.717, 1.165) is 31.5 Å². The molecule has 2 rings (SSSR count). The van der Waals surface area contributed by atoms with E-state index < -0.39 is 0 Å². The molecule has 88 valence electrons. The molecule has 0 amide bonds. The lowest BCUT2D eigenvalue weighted by Crippen LogP contribution is -2.28. The van der Waals surface area contributed by atoms with Crippen molar-refractivity contribution in [3.05, 3.63) is 28.5 Å². The number of halogens is 2. The highest BCUT2D eigenvalue weighted by Gasteiger charge is 2.21. The van der Waals surface area contributed by atoms with Crippen molar-refractivity contribution in [2.45, 2.75) is 18.8 Å². The van der Waals surface area contributed by atoms with Gasteiger partial charge in [0.15, 0.2) is 0 Å². The van der Waals surface area contributed by atoms with Gasteiger partial charge < -0.3 is 10.1 Å². The maximum Gasteiger partial charge on any atom is 0.141 e. The molecule has 1 N–H and O–H groups in total. The minimum absolute atomic E-state index is 0.289. The summed E-state index contributed by atoms with van der Waals surface area (Å²) in [7, 11) is 1.57. The third kappa shape index (κ3) is 2.30. The number of rotatable bonds is 2. The lowest BCUT2D eigenvalue weighted by Gasteiger charge is -2.25. The Morgan fingerprint density at radius 1 is 1.50 bits per heavy atom. The van der Waals surface area contributed by atoms with Gasteiger partial charge >= 0.3 is 0 Å². The van der Waals surface area contributed by atoms with E-state index >= 15 is 0 Å². The van der Waals surface area contributed by atoms with Gasteiger partial charge in [-0.3, -0.25) is 0 Å². The van der Waals surface area contributed by atoms with Gasteiger partial charge in [-0.1, -0.05) is 11.6 Å². The van der Waals surface area contributed by atoms with E-state index in [4.69, 9.17) is 16.3 Å². The summed E-state index contributed by atoms with van der Waals surface area (Å²) in [6, 6.07) is 2.82. The van der Waals surface area contributed by atoms with E-state index in [-0.39, 0.29) is 11.7 Å². The van der Waals surface area contributed by atoms with Crippen LogP contribution in [-0.4, -0.2) is 20.2 Å². The standard InChI is InChI=1S/C12H15ClFNO/c1-16-12-10(5-9(14)6-11(12)13)8-3-2-4-15-7-8/h5-6,8,15H,2-4,7H2,1H3. The third-order valence-corrected chi connectivity index (χ3v) is 3.26. The van der Waals surface area contributed by atoms with Crippen LogP contribution < -0.4 is 10.1 Å². The number of piperidine rings is 1. The number of methoxy groups -OCH3 is 1. The van der Waals surface area contributed by atoms with Crippen molar-refractivity contribution in [3.63, 3.8) is 0 Å². The molecule has 0 spiro atoms. The van der Waals surface area contributed by atoms with Gasteiger partial charge in [0.2, 0.25) is 0 Å². The summed E-state index contributed by atoms with van der Waals surface area (Å²) in [5.74, 6) is 0.597. The lowest BCUT2D eigenvalue weighted by molar-refractivity contribution is 0.390. The molecule has 1 aromatic carbocycles. The van der Waals surface area contributed by atoms with Crippen LogP contribution in [0.5, 0.6) is 5.75 Å². The smallest absolute Gasteiger partial charge is 0.141 e. The second-order valence-corrected chi connectivity index (χ2v) is 4.46. The first-order valence-electron chi connectivity index (χ1n) is 5.46. The fourth-order valence-corrected chi connectivity index (χ4v) is 2.51. The van der Waals surface area contributed by atoms with Gasteiger partial charge in [-0.2, -0.15) is 0 Å². The zero-order valence-corrected chi connectivity index (χ0v) is 9.98. The van der Waals surface area contributed by atoms with E-state index in [1.54, 1.807) is 7.11 Å². The van der Waals surface area contributed by atoms with Crippen LogP contribution in [0.2, 0.25) is 5.02 Å². The molecule has 0 aliphatic carbocycles. The Morgan fingerprint density at radius 2 is 2.31 bits per heavy atom. The summed E-state index contributed by atoms with van der Waals surface area (Å²) < 4.78 is 18.6. The number of ether oxygens (including phenoxy) is 1.